The van der Waals surface area contributed by atoms with E-state index in [9.17, 15) is 0 Å². The fourth-order valence-electron chi connectivity index (χ4n) is 3.39. The Hall–Kier alpha value is -2.77. The summed E-state index contributed by atoms with van der Waals surface area (Å²) in [7, 11) is 1.96. The Morgan fingerprint density at radius 2 is 2.19 bits per heavy atom. The predicted octanol–water partition coefficient (Wildman–Crippen LogP) is 3.50. The molecule has 0 saturated heterocycles. The molecule has 0 saturated carbocycles. The second-order valence-corrected chi connectivity index (χ2v) is 7.50. The minimum absolute atomic E-state index is 0.187. The summed E-state index contributed by atoms with van der Waals surface area (Å²) in [5, 5.41) is 7.87. The van der Waals surface area contributed by atoms with Gasteiger partial charge < -0.3 is 9.88 Å². The summed E-state index contributed by atoms with van der Waals surface area (Å²) in [5.41, 5.74) is 3.93. The van der Waals surface area contributed by atoms with Gasteiger partial charge in [0.25, 0.3) is 0 Å². The lowest BCUT2D eigenvalue weighted by atomic mass is 10.2. The molecule has 4 aromatic rings. The predicted molar refractivity (Wildman–Crippen MR) is 105 cm³/mol. The third-order valence-electron chi connectivity index (χ3n) is 4.67. The molecule has 0 spiro atoms. The molecule has 6 nitrogen and oxygen atoms in total. The first kappa shape index (κ1) is 15.5. The van der Waals surface area contributed by atoms with Crippen molar-refractivity contribution in [2.75, 3.05) is 12.4 Å². The molecule has 0 aliphatic carbocycles. The molecule has 5 heterocycles. The van der Waals surface area contributed by atoms with Crippen LogP contribution in [0.25, 0.3) is 32.0 Å². The molecule has 2 N–H and O–H groups in total. The number of rotatable bonds is 3. The van der Waals surface area contributed by atoms with Gasteiger partial charge in [0.2, 0.25) is 5.95 Å². The SMILES string of the molecule is CNC1Cn2c(nc(-c3cccc(C)n3)c2-c2cc3cnccc3s2)N1. The molecule has 1 aliphatic heterocycles. The quantitative estimate of drug-likeness (QED) is 0.584. The molecule has 1 aliphatic rings. The minimum atomic E-state index is 0.187. The summed E-state index contributed by atoms with van der Waals surface area (Å²) in [5.74, 6) is 0.883. The lowest BCUT2D eigenvalue weighted by Crippen LogP contribution is -2.31. The maximum atomic E-state index is 4.89. The first-order chi connectivity index (χ1) is 12.7. The van der Waals surface area contributed by atoms with Crippen molar-refractivity contribution in [1.82, 2.24) is 24.8 Å². The van der Waals surface area contributed by atoms with Gasteiger partial charge in [-0.25, -0.2) is 4.98 Å². The second kappa shape index (κ2) is 5.89. The first-order valence-electron chi connectivity index (χ1n) is 8.55. The van der Waals surface area contributed by atoms with Crippen molar-refractivity contribution < 1.29 is 0 Å². The summed E-state index contributed by atoms with van der Waals surface area (Å²) in [6.45, 7) is 2.83. The van der Waals surface area contributed by atoms with Gasteiger partial charge in [0.1, 0.15) is 5.69 Å². The van der Waals surface area contributed by atoms with E-state index in [2.05, 4.69) is 32.3 Å². The van der Waals surface area contributed by atoms with Gasteiger partial charge in [-0.05, 0) is 38.2 Å². The Kier molecular flexibility index (Phi) is 3.51. The van der Waals surface area contributed by atoms with Gasteiger partial charge in [-0.2, -0.15) is 0 Å². The molecule has 26 heavy (non-hydrogen) atoms. The van der Waals surface area contributed by atoms with Crippen LogP contribution in [0.15, 0.2) is 42.7 Å². The zero-order valence-corrected chi connectivity index (χ0v) is 15.3. The van der Waals surface area contributed by atoms with Crippen LogP contribution in [0.4, 0.5) is 5.95 Å². The van der Waals surface area contributed by atoms with Crippen molar-refractivity contribution >= 4 is 27.4 Å². The summed E-state index contributed by atoms with van der Waals surface area (Å²) < 4.78 is 3.48. The van der Waals surface area contributed by atoms with Crippen molar-refractivity contribution in [3.05, 3.63) is 48.4 Å². The highest BCUT2D eigenvalue weighted by Gasteiger charge is 2.29. The van der Waals surface area contributed by atoms with E-state index in [1.807, 2.05) is 44.6 Å². The number of anilines is 1. The van der Waals surface area contributed by atoms with E-state index < -0.39 is 0 Å². The van der Waals surface area contributed by atoms with Crippen LogP contribution in [0.3, 0.4) is 0 Å². The molecule has 1 atom stereocenters. The number of hydrogen-bond acceptors (Lipinski definition) is 6. The second-order valence-electron chi connectivity index (χ2n) is 6.42. The molecule has 0 radical (unpaired) electrons. The number of nitrogens with one attached hydrogen (secondary N) is 2. The molecule has 0 aromatic carbocycles. The highest BCUT2D eigenvalue weighted by molar-refractivity contribution is 7.22. The smallest absolute Gasteiger partial charge is 0.205 e. The lowest BCUT2D eigenvalue weighted by molar-refractivity contribution is 0.583. The molecule has 0 fully saturated rings. The number of likely N-dealkylation sites (N-methyl/N-ethyl adjacent to an activating group) is 1. The van der Waals surface area contributed by atoms with Crippen LogP contribution in [-0.4, -0.2) is 32.7 Å². The lowest BCUT2D eigenvalue weighted by Gasteiger charge is -2.10. The molecular formula is C19H18N6S. The van der Waals surface area contributed by atoms with Gasteiger partial charge in [-0.15, -0.1) is 11.3 Å². The average molecular weight is 362 g/mol. The number of fused-ring (bicyclic) bond motifs is 2. The van der Waals surface area contributed by atoms with Crippen molar-refractivity contribution in [2.45, 2.75) is 19.6 Å². The zero-order chi connectivity index (χ0) is 17.7. The maximum absolute atomic E-state index is 4.89. The summed E-state index contributed by atoms with van der Waals surface area (Å²) >= 11 is 1.77. The Labute approximate surface area is 154 Å². The summed E-state index contributed by atoms with van der Waals surface area (Å²) in [4.78, 5) is 15.0. The highest BCUT2D eigenvalue weighted by Crippen LogP contribution is 2.41. The standard InChI is InChI=1S/C19H18N6S/c1-11-4-3-5-13(22-11)17-18(25-10-16(20-2)23-19(25)24-17)15-8-12-9-21-7-6-14(12)26-15/h3-9,16,20H,10H2,1-2H3,(H,23,24). The number of thiophene rings is 1. The molecule has 1 unspecified atom stereocenters. The van der Waals surface area contributed by atoms with Gasteiger partial charge in [0.05, 0.1) is 29.0 Å². The number of nitrogens with zero attached hydrogens (tertiary/aromatic N) is 4. The summed E-state index contributed by atoms with van der Waals surface area (Å²) in [6.07, 6.45) is 3.94. The van der Waals surface area contributed by atoms with Gasteiger partial charge in [-0.3, -0.25) is 15.3 Å². The molecular weight excluding hydrogens is 344 g/mol. The van der Waals surface area contributed by atoms with Crippen LogP contribution < -0.4 is 10.6 Å². The molecule has 0 amide bonds. The van der Waals surface area contributed by atoms with Crippen LogP contribution in [0, 0.1) is 6.92 Å². The summed E-state index contributed by atoms with van der Waals surface area (Å²) in [6, 6.07) is 10.3. The van der Waals surface area contributed by atoms with Crippen LogP contribution in [0.5, 0.6) is 0 Å². The van der Waals surface area contributed by atoms with E-state index in [-0.39, 0.29) is 6.17 Å². The van der Waals surface area contributed by atoms with E-state index in [1.54, 1.807) is 11.3 Å². The van der Waals surface area contributed by atoms with Gasteiger partial charge in [-0.1, -0.05) is 6.07 Å². The molecule has 5 rings (SSSR count). The average Bonchev–Trinajstić information content (AvgIpc) is 3.32. The molecule has 0 bridgehead atoms. The van der Waals surface area contributed by atoms with Gasteiger partial charge in [0.15, 0.2) is 0 Å². The van der Waals surface area contributed by atoms with Crippen molar-refractivity contribution in [3.63, 3.8) is 0 Å². The van der Waals surface area contributed by atoms with Crippen LogP contribution >= 0.6 is 11.3 Å². The number of pyridine rings is 2. The fraction of sp³-hybridized carbons (Fsp3) is 0.211. The maximum Gasteiger partial charge on any atom is 0.205 e. The fourth-order valence-corrected chi connectivity index (χ4v) is 4.48. The minimum Gasteiger partial charge on any atom is -0.339 e. The third-order valence-corrected chi connectivity index (χ3v) is 5.79. The number of aryl methyl sites for hydroxylation is 1. The van der Waals surface area contributed by atoms with Crippen LogP contribution in [0.2, 0.25) is 0 Å². The van der Waals surface area contributed by atoms with Gasteiger partial charge >= 0.3 is 0 Å². The van der Waals surface area contributed by atoms with E-state index in [4.69, 9.17) is 9.97 Å². The molecule has 7 heteroatoms. The molecule has 4 aromatic heterocycles. The van der Waals surface area contributed by atoms with E-state index in [1.165, 1.54) is 9.58 Å². The van der Waals surface area contributed by atoms with E-state index in [0.29, 0.717) is 0 Å². The Balaban J connectivity index is 1.74. The Morgan fingerprint density at radius 3 is 3.00 bits per heavy atom. The normalized spacial score (nSPS) is 16.0. The van der Waals surface area contributed by atoms with Crippen molar-refractivity contribution in [2.24, 2.45) is 0 Å². The van der Waals surface area contributed by atoms with Crippen LogP contribution in [0.1, 0.15) is 5.69 Å². The topological polar surface area (TPSA) is 67.7 Å². The number of hydrogen-bond donors (Lipinski definition) is 2. The Bertz CT molecular complexity index is 1080. The highest BCUT2D eigenvalue weighted by atomic mass is 32.1. The number of imidazole rings is 1. The van der Waals surface area contributed by atoms with Crippen LogP contribution in [-0.2, 0) is 6.54 Å². The van der Waals surface area contributed by atoms with E-state index in [0.717, 1.165) is 40.7 Å². The van der Waals surface area contributed by atoms with Gasteiger partial charge in [0, 0.05) is 28.2 Å². The van der Waals surface area contributed by atoms with Crippen molar-refractivity contribution in [3.8, 4) is 22.0 Å². The largest absolute Gasteiger partial charge is 0.339 e. The van der Waals surface area contributed by atoms with E-state index >= 15 is 0 Å². The monoisotopic (exact) mass is 362 g/mol. The molecule has 130 valence electrons. The first-order valence-corrected chi connectivity index (χ1v) is 9.37. The van der Waals surface area contributed by atoms with Crippen molar-refractivity contribution in [1.29, 1.82) is 0 Å². The Morgan fingerprint density at radius 1 is 1.27 bits per heavy atom. The zero-order valence-electron chi connectivity index (χ0n) is 14.5. The number of aromatic nitrogens is 4. The third kappa shape index (κ3) is 2.40.